The number of pyridine rings is 1. The lowest BCUT2D eigenvalue weighted by molar-refractivity contribution is -0.384. The van der Waals surface area contributed by atoms with E-state index in [0.29, 0.717) is 17.0 Å². The van der Waals surface area contributed by atoms with Crippen LogP contribution in [0.4, 0.5) is 5.69 Å². The molecule has 0 saturated heterocycles. The van der Waals surface area contributed by atoms with E-state index >= 15 is 0 Å². The lowest BCUT2D eigenvalue weighted by atomic mass is 10.0. The Morgan fingerprint density at radius 1 is 1.08 bits per heavy atom. The number of carbonyl (C=O) groups excluding carboxylic acids is 1. The zero-order valence-electron chi connectivity index (χ0n) is 13.4. The first-order valence-corrected chi connectivity index (χ1v) is 7.54. The SMILES string of the molecule is Cc1cccc(OC(=O)c2cccc([N+](=O)[O-])c2)c1-c1ccccn1. The van der Waals surface area contributed by atoms with Crippen molar-refractivity contribution in [1.29, 1.82) is 0 Å². The van der Waals surface area contributed by atoms with Crippen LogP contribution in [0, 0.1) is 17.0 Å². The Kier molecular flexibility index (Phi) is 4.52. The number of aromatic nitrogens is 1. The van der Waals surface area contributed by atoms with Gasteiger partial charge in [0.25, 0.3) is 5.69 Å². The lowest BCUT2D eigenvalue weighted by Gasteiger charge is -2.12. The minimum atomic E-state index is -0.661. The summed E-state index contributed by atoms with van der Waals surface area (Å²) in [6.45, 7) is 1.90. The number of nitro groups is 1. The fraction of sp³-hybridized carbons (Fsp3) is 0.0526. The number of ether oxygens (including phenoxy) is 1. The minimum Gasteiger partial charge on any atom is -0.422 e. The molecule has 0 aliphatic rings. The molecule has 0 unspecified atom stereocenters. The van der Waals surface area contributed by atoms with E-state index in [1.807, 2.05) is 25.1 Å². The predicted octanol–water partition coefficient (Wildman–Crippen LogP) is 4.18. The average Bonchev–Trinajstić information content (AvgIpc) is 2.62. The average molecular weight is 334 g/mol. The van der Waals surface area contributed by atoms with Gasteiger partial charge in [0, 0.05) is 23.9 Å². The highest BCUT2D eigenvalue weighted by atomic mass is 16.6. The monoisotopic (exact) mass is 334 g/mol. The van der Waals surface area contributed by atoms with Gasteiger partial charge in [0.2, 0.25) is 0 Å². The van der Waals surface area contributed by atoms with Gasteiger partial charge in [-0.05, 0) is 36.8 Å². The van der Waals surface area contributed by atoms with Gasteiger partial charge in [0.1, 0.15) is 5.75 Å². The molecule has 0 amide bonds. The molecule has 1 heterocycles. The summed E-state index contributed by atoms with van der Waals surface area (Å²) in [6, 6.07) is 16.3. The van der Waals surface area contributed by atoms with E-state index in [1.165, 1.54) is 24.3 Å². The maximum atomic E-state index is 12.4. The number of hydrogen-bond donors (Lipinski definition) is 0. The molecule has 1 aromatic heterocycles. The third-order valence-corrected chi connectivity index (χ3v) is 3.65. The number of esters is 1. The number of non-ortho nitro benzene ring substituents is 1. The summed E-state index contributed by atoms with van der Waals surface area (Å²) in [5, 5.41) is 10.9. The molecule has 0 atom stereocenters. The van der Waals surface area contributed by atoms with Gasteiger partial charge in [-0.1, -0.05) is 24.3 Å². The Bertz CT molecular complexity index is 939. The fourth-order valence-corrected chi connectivity index (χ4v) is 2.47. The molecule has 0 saturated carbocycles. The molecule has 0 bridgehead atoms. The normalized spacial score (nSPS) is 10.3. The van der Waals surface area contributed by atoms with Gasteiger partial charge in [-0.2, -0.15) is 0 Å². The Morgan fingerprint density at radius 2 is 1.88 bits per heavy atom. The van der Waals surface area contributed by atoms with Gasteiger partial charge < -0.3 is 4.74 Å². The van der Waals surface area contributed by atoms with Crippen molar-refractivity contribution in [3.63, 3.8) is 0 Å². The summed E-state index contributed by atoms with van der Waals surface area (Å²) < 4.78 is 5.50. The Morgan fingerprint density at radius 3 is 2.60 bits per heavy atom. The summed E-state index contributed by atoms with van der Waals surface area (Å²) in [7, 11) is 0. The molecule has 6 heteroatoms. The van der Waals surface area contributed by atoms with Gasteiger partial charge >= 0.3 is 5.97 Å². The van der Waals surface area contributed by atoms with Crippen LogP contribution in [0.5, 0.6) is 5.75 Å². The quantitative estimate of drug-likeness (QED) is 0.309. The standard InChI is InChI=1S/C19H14N2O4/c1-13-6-4-10-17(18(13)16-9-2-3-11-20-16)25-19(22)14-7-5-8-15(12-14)21(23)24/h2-12H,1H3. The Labute approximate surface area is 143 Å². The maximum absolute atomic E-state index is 12.4. The lowest BCUT2D eigenvalue weighted by Crippen LogP contribution is -2.10. The Balaban J connectivity index is 1.96. The molecular formula is C19H14N2O4. The third kappa shape index (κ3) is 3.53. The summed E-state index contributed by atoms with van der Waals surface area (Å²) in [5.74, 6) is -0.304. The highest BCUT2D eigenvalue weighted by molar-refractivity contribution is 5.92. The van der Waals surface area contributed by atoms with Crippen LogP contribution in [-0.2, 0) is 0 Å². The predicted molar refractivity (Wildman–Crippen MR) is 92.5 cm³/mol. The topological polar surface area (TPSA) is 82.3 Å². The fourth-order valence-electron chi connectivity index (χ4n) is 2.47. The molecule has 0 fully saturated rings. The van der Waals surface area contributed by atoms with Crippen LogP contribution in [0.2, 0.25) is 0 Å². The molecule has 124 valence electrons. The van der Waals surface area contributed by atoms with Crippen LogP contribution >= 0.6 is 0 Å². The molecular weight excluding hydrogens is 320 g/mol. The summed E-state index contributed by atoms with van der Waals surface area (Å²) in [6.07, 6.45) is 1.66. The van der Waals surface area contributed by atoms with Crippen molar-refractivity contribution < 1.29 is 14.5 Å². The molecule has 0 N–H and O–H groups in total. The van der Waals surface area contributed by atoms with E-state index in [4.69, 9.17) is 4.74 Å². The number of nitrogens with zero attached hydrogens (tertiary/aromatic N) is 2. The van der Waals surface area contributed by atoms with Crippen LogP contribution in [0.25, 0.3) is 11.3 Å². The van der Waals surface area contributed by atoms with E-state index in [-0.39, 0.29) is 11.3 Å². The molecule has 25 heavy (non-hydrogen) atoms. The van der Waals surface area contributed by atoms with Gasteiger partial charge in [-0.25, -0.2) is 4.79 Å². The van der Waals surface area contributed by atoms with Crippen LogP contribution in [0.15, 0.2) is 66.9 Å². The maximum Gasteiger partial charge on any atom is 0.343 e. The largest absolute Gasteiger partial charge is 0.422 e. The first-order chi connectivity index (χ1) is 12.1. The number of aryl methyl sites for hydroxylation is 1. The molecule has 0 aliphatic heterocycles. The molecule has 3 rings (SSSR count). The second-order valence-electron chi connectivity index (χ2n) is 5.36. The van der Waals surface area contributed by atoms with E-state index in [1.54, 1.807) is 24.4 Å². The highest BCUT2D eigenvalue weighted by Gasteiger charge is 2.17. The zero-order chi connectivity index (χ0) is 17.8. The molecule has 3 aromatic rings. The first kappa shape index (κ1) is 16.3. The van der Waals surface area contributed by atoms with Crippen LogP contribution in [0.1, 0.15) is 15.9 Å². The Hall–Kier alpha value is -3.54. The van der Waals surface area contributed by atoms with Gasteiger partial charge in [-0.15, -0.1) is 0 Å². The van der Waals surface area contributed by atoms with Gasteiger partial charge in [0.15, 0.2) is 0 Å². The van der Waals surface area contributed by atoms with Gasteiger partial charge in [-0.3, -0.25) is 15.1 Å². The molecule has 0 aliphatic carbocycles. The molecule has 0 radical (unpaired) electrons. The highest BCUT2D eigenvalue weighted by Crippen LogP contribution is 2.32. The smallest absolute Gasteiger partial charge is 0.343 e. The first-order valence-electron chi connectivity index (χ1n) is 7.54. The van der Waals surface area contributed by atoms with Crippen molar-refractivity contribution >= 4 is 11.7 Å². The number of hydrogen-bond acceptors (Lipinski definition) is 5. The summed E-state index contributed by atoms with van der Waals surface area (Å²) in [4.78, 5) is 27.0. The van der Waals surface area contributed by atoms with E-state index in [2.05, 4.69) is 4.98 Å². The van der Waals surface area contributed by atoms with Crippen molar-refractivity contribution in [2.24, 2.45) is 0 Å². The number of carbonyl (C=O) groups is 1. The van der Waals surface area contributed by atoms with E-state index in [9.17, 15) is 14.9 Å². The molecule has 2 aromatic carbocycles. The number of rotatable bonds is 4. The second kappa shape index (κ2) is 6.92. The van der Waals surface area contributed by atoms with Crippen molar-refractivity contribution in [2.45, 2.75) is 6.92 Å². The molecule has 0 spiro atoms. The van der Waals surface area contributed by atoms with Crippen molar-refractivity contribution in [2.75, 3.05) is 0 Å². The van der Waals surface area contributed by atoms with E-state index < -0.39 is 10.9 Å². The van der Waals surface area contributed by atoms with Crippen LogP contribution < -0.4 is 4.74 Å². The minimum absolute atomic E-state index is 0.114. The zero-order valence-corrected chi connectivity index (χ0v) is 13.4. The summed E-state index contributed by atoms with van der Waals surface area (Å²) in [5.41, 5.74) is 2.25. The number of nitro benzene ring substituents is 1. The van der Waals surface area contributed by atoms with E-state index in [0.717, 1.165) is 5.56 Å². The van der Waals surface area contributed by atoms with Crippen molar-refractivity contribution in [3.8, 4) is 17.0 Å². The summed E-state index contributed by atoms with van der Waals surface area (Å²) >= 11 is 0. The number of benzene rings is 2. The molecule has 6 nitrogen and oxygen atoms in total. The third-order valence-electron chi connectivity index (χ3n) is 3.65. The van der Waals surface area contributed by atoms with Crippen molar-refractivity contribution in [3.05, 3.63) is 88.1 Å². The second-order valence-corrected chi connectivity index (χ2v) is 5.36. The van der Waals surface area contributed by atoms with Crippen LogP contribution in [0.3, 0.4) is 0 Å². The van der Waals surface area contributed by atoms with Crippen LogP contribution in [-0.4, -0.2) is 15.9 Å². The van der Waals surface area contributed by atoms with Gasteiger partial charge in [0.05, 0.1) is 16.2 Å². The van der Waals surface area contributed by atoms with Crippen molar-refractivity contribution in [1.82, 2.24) is 4.98 Å².